The summed E-state index contributed by atoms with van der Waals surface area (Å²) < 4.78 is 42.5. The summed E-state index contributed by atoms with van der Waals surface area (Å²) in [6.45, 7) is 0. The third-order valence-electron chi connectivity index (χ3n) is 3.84. The van der Waals surface area contributed by atoms with E-state index < -0.39 is 21.7 Å². The lowest BCUT2D eigenvalue weighted by Crippen LogP contribution is -2.17. The van der Waals surface area contributed by atoms with Crippen molar-refractivity contribution in [1.82, 2.24) is 0 Å². The smallest absolute Gasteiger partial charge is 0.241 e. The van der Waals surface area contributed by atoms with Gasteiger partial charge in [0.05, 0.1) is 6.42 Å². The Labute approximate surface area is 172 Å². The second-order valence-corrected chi connectivity index (χ2v) is 8.08. The van der Waals surface area contributed by atoms with Gasteiger partial charge in [-0.1, -0.05) is 29.8 Å². The van der Waals surface area contributed by atoms with Gasteiger partial charge < -0.3 is 10.1 Å². The van der Waals surface area contributed by atoms with Gasteiger partial charge in [0.15, 0.2) is 0 Å². The van der Waals surface area contributed by atoms with Gasteiger partial charge in [0.1, 0.15) is 22.2 Å². The standard InChI is InChI=1S/C20H16ClFN2O4S/c21-14-2-1-3-17(11-14)28-18-9-8-16(12-19(18)29(23,26)27)24-20(25)10-13-4-6-15(22)7-5-13/h1-9,11-12H,10H2,(H,24,25)(H2,23,26,27). The van der Waals surface area contributed by atoms with Crippen molar-refractivity contribution in [3.63, 3.8) is 0 Å². The van der Waals surface area contributed by atoms with Crippen LogP contribution in [0, 0.1) is 5.82 Å². The molecular formula is C20H16ClFN2O4S. The topological polar surface area (TPSA) is 98.5 Å². The second kappa shape index (κ2) is 8.60. The fourth-order valence-electron chi connectivity index (χ4n) is 2.54. The molecule has 150 valence electrons. The highest BCUT2D eigenvalue weighted by Crippen LogP contribution is 2.31. The summed E-state index contributed by atoms with van der Waals surface area (Å²) in [5, 5.41) is 8.31. The Balaban J connectivity index is 1.81. The zero-order valence-electron chi connectivity index (χ0n) is 14.9. The number of sulfonamides is 1. The molecule has 0 fully saturated rings. The lowest BCUT2D eigenvalue weighted by Gasteiger charge is -2.12. The van der Waals surface area contributed by atoms with Gasteiger partial charge in [-0.05, 0) is 54.1 Å². The summed E-state index contributed by atoms with van der Waals surface area (Å²) in [6.07, 6.45) is -0.00818. The fourth-order valence-corrected chi connectivity index (χ4v) is 3.40. The zero-order chi connectivity index (χ0) is 21.0. The lowest BCUT2D eigenvalue weighted by atomic mass is 10.1. The van der Waals surface area contributed by atoms with Gasteiger partial charge in [-0.15, -0.1) is 0 Å². The minimum Gasteiger partial charge on any atom is -0.456 e. The molecule has 0 bridgehead atoms. The summed E-state index contributed by atoms with van der Waals surface area (Å²) in [6, 6.07) is 16.0. The first-order valence-electron chi connectivity index (χ1n) is 8.35. The van der Waals surface area contributed by atoms with Crippen LogP contribution in [0.25, 0.3) is 0 Å². The maximum atomic E-state index is 13.0. The Bertz CT molecular complexity index is 1150. The Morgan fingerprint density at radius 3 is 2.45 bits per heavy atom. The molecule has 3 aromatic rings. The number of halogens is 2. The fraction of sp³-hybridized carbons (Fsp3) is 0.0500. The normalized spacial score (nSPS) is 11.1. The van der Waals surface area contributed by atoms with Crippen molar-refractivity contribution in [3.05, 3.63) is 83.1 Å². The molecule has 3 N–H and O–H groups in total. The molecule has 0 aliphatic carbocycles. The second-order valence-electron chi connectivity index (χ2n) is 6.12. The van der Waals surface area contributed by atoms with Gasteiger partial charge in [-0.3, -0.25) is 4.79 Å². The number of hydrogen-bond donors (Lipinski definition) is 2. The van der Waals surface area contributed by atoms with Crippen LogP contribution in [0.4, 0.5) is 10.1 Å². The largest absolute Gasteiger partial charge is 0.456 e. The zero-order valence-corrected chi connectivity index (χ0v) is 16.5. The molecule has 0 radical (unpaired) electrons. The van der Waals surface area contributed by atoms with E-state index in [-0.39, 0.29) is 22.8 Å². The van der Waals surface area contributed by atoms with E-state index in [1.54, 1.807) is 18.2 Å². The molecule has 0 saturated carbocycles. The number of carbonyl (C=O) groups excluding carboxylic acids is 1. The number of ether oxygens (including phenoxy) is 1. The van der Waals surface area contributed by atoms with E-state index in [1.807, 2.05) is 0 Å². The average Bonchev–Trinajstić information content (AvgIpc) is 2.64. The van der Waals surface area contributed by atoms with Gasteiger partial charge >= 0.3 is 0 Å². The third kappa shape index (κ3) is 5.77. The van der Waals surface area contributed by atoms with Gasteiger partial charge in [0, 0.05) is 10.7 Å². The molecule has 0 aliphatic heterocycles. The Morgan fingerprint density at radius 1 is 1.07 bits per heavy atom. The molecule has 0 heterocycles. The SMILES string of the molecule is NS(=O)(=O)c1cc(NC(=O)Cc2ccc(F)cc2)ccc1Oc1cccc(Cl)c1. The van der Waals surface area contributed by atoms with Crippen LogP contribution in [0.2, 0.25) is 5.02 Å². The number of rotatable bonds is 6. The predicted octanol–water partition coefficient (Wildman–Crippen LogP) is 4.10. The van der Waals surface area contributed by atoms with E-state index in [1.165, 1.54) is 48.5 Å². The minimum atomic E-state index is -4.14. The molecule has 0 aromatic heterocycles. The van der Waals surface area contributed by atoms with E-state index >= 15 is 0 Å². The van der Waals surface area contributed by atoms with Crippen LogP contribution >= 0.6 is 11.6 Å². The van der Waals surface area contributed by atoms with Crippen LogP contribution in [0.3, 0.4) is 0 Å². The highest BCUT2D eigenvalue weighted by atomic mass is 35.5. The number of nitrogens with one attached hydrogen (secondary N) is 1. The van der Waals surface area contributed by atoms with Crippen LogP contribution in [0.5, 0.6) is 11.5 Å². The lowest BCUT2D eigenvalue weighted by molar-refractivity contribution is -0.115. The van der Waals surface area contributed by atoms with Gasteiger partial charge in [-0.25, -0.2) is 17.9 Å². The highest BCUT2D eigenvalue weighted by Gasteiger charge is 2.18. The van der Waals surface area contributed by atoms with Crippen molar-refractivity contribution in [3.8, 4) is 11.5 Å². The summed E-state index contributed by atoms with van der Waals surface area (Å²) in [7, 11) is -4.14. The summed E-state index contributed by atoms with van der Waals surface area (Å²) >= 11 is 5.91. The predicted molar refractivity (Wildman–Crippen MR) is 108 cm³/mol. The van der Waals surface area contributed by atoms with Crippen LogP contribution in [-0.2, 0) is 21.2 Å². The summed E-state index contributed by atoms with van der Waals surface area (Å²) in [5.41, 5.74) is 0.830. The van der Waals surface area contributed by atoms with Gasteiger partial charge in [0.25, 0.3) is 0 Å². The maximum Gasteiger partial charge on any atom is 0.241 e. The van der Waals surface area contributed by atoms with Crippen molar-refractivity contribution in [2.24, 2.45) is 5.14 Å². The first kappa shape index (κ1) is 20.8. The minimum absolute atomic E-state index is 0.00806. The van der Waals surface area contributed by atoms with Crippen LogP contribution in [0.1, 0.15) is 5.56 Å². The summed E-state index contributed by atoms with van der Waals surface area (Å²) in [4.78, 5) is 11.9. The molecule has 0 aliphatic rings. The maximum absolute atomic E-state index is 13.0. The van der Waals surface area contributed by atoms with E-state index in [4.69, 9.17) is 21.5 Å². The Kier molecular flexibility index (Phi) is 6.17. The summed E-state index contributed by atoms with van der Waals surface area (Å²) in [5.74, 6) is -0.482. The van der Waals surface area contributed by atoms with E-state index in [0.29, 0.717) is 16.3 Å². The molecule has 29 heavy (non-hydrogen) atoms. The number of nitrogens with two attached hydrogens (primary N) is 1. The molecule has 3 rings (SSSR count). The van der Waals surface area contributed by atoms with Crippen LogP contribution in [0.15, 0.2) is 71.6 Å². The van der Waals surface area contributed by atoms with Crippen LogP contribution in [-0.4, -0.2) is 14.3 Å². The quantitative estimate of drug-likeness (QED) is 0.610. The molecular weight excluding hydrogens is 419 g/mol. The van der Waals surface area contributed by atoms with Crippen molar-refractivity contribution < 1.29 is 22.3 Å². The first-order chi connectivity index (χ1) is 13.7. The Morgan fingerprint density at radius 2 is 1.79 bits per heavy atom. The Hall–Kier alpha value is -2.94. The number of hydrogen-bond acceptors (Lipinski definition) is 4. The number of primary sulfonamides is 1. The van der Waals surface area contributed by atoms with E-state index in [0.717, 1.165) is 0 Å². The van der Waals surface area contributed by atoms with Crippen molar-refractivity contribution >= 4 is 33.2 Å². The number of carbonyl (C=O) groups is 1. The highest BCUT2D eigenvalue weighted by molar-refractivity contribution is 7.89. The molecule has 0 unspecified atom stereocenters. The molecule has 9 heteroatoms. The molecule has 0 atom stereocenters. The van der Waals surface area contributed by atoms with Crippen molar-refractivity contribution in [2.45, 2.75) is 11.3 Å². The molecule has 1 amide bonds. The third-order valence-corrected chi connectivity index (χ3v) is 5.00. The first-order valence-corrected chi connectivity index (χ1v) is 10.3. The van der Waals surface area contributed by atoms with Crippen molar-refractivity contribution in [1.29, 1.82) is 0 Å². The molecule has 3 aromatic carbocycles. The van der Waals surface area contributed by atoms with Crippen molar-refractivity contribution in [2.75, 3.05) is 5.32 Å². The van der Waals surface area contributed by atoms with E-state index in [9.17, 15) is 17.6 Å². The molecule has 0 spiro atoms. The van der Waals surface area contributed by atoms with Crippen LogP contribution < -0.4 is 15.2 Å². The number of benzene rings is 3. The number of amides is 1. The molecule has 6 nitrogen and oxygen atoms in total. The monoisotopic (exact) mass is 434 g/mol. The van der Waals surface area contributed by atoms with Gasteiger partial charge in [0.2, 0.25) is 15.9 Å². The van der Waals surface area contributed by atoms with Gasteiger partial charge in [-0.2, -0.15) is 0 Å². The molecule has 0 saturated heterocycles. The average molecular weight is 435 g/mol. The number of anilines is 1. The van der Waals surface area contributed by atoms with E-state index in [2.05, 4.69) is 5.32 Å².